The van der Waals surface area contributed by atoms with E-state index >= 15 is 0 Å². The highest BCUT2D eigenvalue weighted by atomic mass is 35.5. The maximum atomic E-state index is 13.6. The van der Waals surface area contributed by atoms with Crippen molar-refractivity contribution in [2.24, 2.45) is 0 Å². The van der Waals surface area contributed by atoms with E-state index in [0.717, 1.165) is 11.0 Å². The van der Waals surface area contributed by atoms with E-state index in [1.54, 1.807) is 0 Å². The number of carbonyl (C=O) groups is 1. The molecule has 1 heterocycles. The number of rotatable bonds is 5. The maximum Gasteiger partial charge on any atom is 0.272 e. The van der Waals surface area contributed by atoms with E-state index in [2.05, 4.69) is 5.32 Å². The predicted octanol–water partition coefficient (Wildman–Crippen LogP) is 3.16. The zero-order valence-corrected chi connectivity index (χ0v) is 13.4. The van der Waals surface area contributed by atoms with Gasteiger partial charge in [-0.15, -0.1) is 0 Å². The number of halogens is 6. The number of carbonyl (C=O) groups excluding carboxylic acids is 1. The summed E-state index contributed by atoms with van der Waals surface area (Å²) in [6.45, 7) is -1.37. The molecule has 1 aromatic carbocycles. The quantitative estimate of drug-likeness (QED) is 0.467. The number of nitrogens with zero attached hydrogens (tertiary/aromatic N) is 1. The Kier molecular flexibility index (Phi) is 5.99. The lowest BCUT2D eigenvalue weighted by molar-refractivity contribution is -0.126. The molecule has 0 saturated carbocycles. The molecule has 0 aliphatic carbocycles. The Morgan fingerprint density at radius 3 is 2.56 bits per heavy atom. The highest BCUT2D eigenvalue weighted by molar-refractivity contribution is 6.47. The van der Waals surface area contributed by atoms with Gasteiger partial charge in [-0.25, -0.2) is 22.0 Å². The molecule has 1 saturated heterocycles. The van der Waals surface area contributed by atoms with Crippen molar-refractivity contribution in [1.29, 1.82) is 5.41 Å². The van der Waals surface area contributed by atoms with Crippen molar-refractivity contribution in [2.75, 3.05) is 13.1 Å². The molecule has 1 aromatic rings. The third-order valence-electron chi connectivity index (χ3n) is 3.62. The van der Waals surface area contributed by atoms with Gasteiger partial charge in [0.15, 0.2) is 11.6 Å². The Balaban J connectivity index is 2.12. The molecule has 0 unspecified atom stereocenters. The molecular weight excluding hydrogens is 369 g/mol. The van der Waals surface area contributed by atoms with Gasteiger partial charge in [-0.1, -0.05) is 11.6 Å². The Hall–Kier alpha value is -2.16. The third kappa shape index (κ3) is 4.28. The Labute approximate surface area is 144 Å². The molecule has 0 bridgehead atoms. The van der Waals surface area contributed by atoms with Gasteiger partial charge in [-0.2, -0.15) is 0 Å². The highest BCUT2D eigenvalue weighted by Crippen LogP contribution is 2.22. The SMILES string of the molecule is N=C1C(=O)N(CC(F)F)CC/C1=C(\Cl)NCc1c(F)ccc(F)c1F. The van der Waals surface area contributed by atoms with Gasteiger partial charge >= 0.3 is 0 Å². The smallest absolute Gasteiger partial charge is 0.272 e. The second kappa shape index (κ2) is 7.81. The number of likely N-dealkylation sites (tertiary alicyclic amines) is 1. The zero-order valence-electron chi connectivity index (χ0n) is 12.7. The van der Waals surface area contributed by atoms with Crippen molar-refractivity contribution in [1.82, 2.24) is 10.2 Å². The average Bonchev–Trinajstić information content (AvgIpc) is 2.55. The first-order valence-electron chi connectivity index (χ1n) is 7.13. The Morgan fingerprint density at radius 1 is 1.28 bits per heavy atom. The van der Waals surface area contributed by atoms with Gasteiger partial charge in [0.25, 0.3) is 12.3 Å². The largest absolute Gasteiger partial charge is 0.371 e. The van der Waals surface area contributed by atoms with Crippen molar-refractivity contribution in [3.63, 3.8) is 0 Å². The minimum Gasteiger partial charge on any atom is -0.371 e. The van der Waals surface area contributed by atoms with E-state index in [-0.39, 0.29) is 23.7 Å². The highest BCUT2D eigenvalue weighted by Gasteiger charge is 2.30. The molecule has 1 aliphatic heterocycles. The van der Waals surface area contributed by atoms with E-state index in [1.807, 2.05) is 0 Å². The van der Waals surface area contributed by atoms with Crippen LogP contribution in [0.4, 0.5) is 22.0 Å². The second-order valence-corrected chi connectivity index (χ2v) is 5.61. The van der Waals surface area contributed by atoms with Gasteiger partial charge < -0.3 is 10.2 Å². The summed E-state index contributed by atoms with van der Waals surface area (Å²) in [5, 5.41) is 9.93. The van der Waals surface area contributed by atoms with Crippen molar-refractivity contribution in [2.45, 2.75) is 19.4 Å². The summed E-state index contributed by atoms with van der Waals surface area (Å²) < 4.78 is 65.0. The van der Waals surface area contributed by atoms with Crippen LogP contribution in [0.5, 0.6) is 0 Å². The molecular formula is C15H13ClF5N3O. The van der Waals surface area contributed by atoms with Crippen molar-refractivity contribution >= 4 is 23.2 Å². The van der Waals surface area contributed by atoms with Crippen LogP contribution in [0.25, 0.3) is 0 Å². The summed E-state index contributed by atoms with van der Waals surface area (Å²) in [6.07, 6.45) is -2.70. The third-order valence-corrected chi connectivity index (χ3v) is 3.98. The fourth-order valence-electron chi connectivity index (χ4n) is 2.32. The molecule has 0 spiro atoms. The molecule has 0 radical (unpaired) electrons. The van der Waals surface area contributed by atoms with E-state index in [4.69, 9.17) is 17.0 Å². The fraction of sp³-hybridized carbons (Fsp3) is 0.333. The molecule has 2 N–H and O–H groups in total. The number of alkyl halides is 2. The average molecular weight is 382 g/mol. The fourth-order valence-corrected chi connectivity index (χ4v) is 2.58. The minimum absolute atomic E-state index is 0.0250. The van der Waals surface area contributed by atoms with Gasteiger partial charge in [0.2, 0.25) is 0 Å². The zero-order chi connectivity index (χ0) is 18.7. The molecule has 136 valence electrons. The van der Waals surface area contributed by atoms with Crippen LogP contribution in [-0.4, -0.2) is 36.0 Å². The number of amides is 1. The van der Waals surface area contributed by atoms with Gasteiger partial charge in [0.1, 0.15) is 16.7 Å². The Bertz CT molecular complexity index is 738. The molecule has 1 aliphatic rings. The van der Waals surface area contributed by atoms with Crippen LogP contribution in [-0.2, 0) is 11.3 Å². The second-order valence-electron chi connectivity index (χ2n) is 5.24. The lowest BCUT2D eigenvalue weighted by atomic mass is 10.0. The summed E-state index contributed by atoms with van der Waals surface area (Å²) in [5.74, 6) is -4.51. The molecule has 1 amide bonds. The molecule has 10 heteroatoms. The first kappa shape index (κ1) is 19.2. The van der Waals surface area contributed by atoms with Crippen LogP contribution in [0.1, 0.15) is 12.0 Å². The predicted molar refractivity (Wildman–Crippen MR) is 81.0 cm³/mol. The van der Waals surface area contributed by atoms with Gasteiger partial charge in [0.05, 0.1) is 6.54 Å². The number of hydrogen-bond acceptors (Lipinski definition) is 3. The monoisotopic (exact) mass is 381 g/mol. The van der Waals surface area contributed by atoms with Crippen LogP contribution < -0.4 is 5.32 Å². The number of benzene rings is 1. The van der Waals surface area contributed by atoms with Crippen molar-refractivity contribution in [3.8, 4) is 0 Å². The van der Waals surface area contributed by atoms with E-state index < -0.39 is 54.1 Å². The molecule has 1 fully saturated rings. The maximum absolute atomic E-state index is 13.6. The summed E-state index contributed by atoms with van der Waals surface area (Å²) in [7, 11) is 0. The molecule has 0 atom stereocenters. The normalized spacial score (nSPS) is 17.3. The molecule has 0 aromatic heterocycles. The molecule has 4 nitrogen and oxygen atoms in total. The lowest BCUT2D eigenvalue weighted by Crippen LogP contribution is -2.45. The van der Waals surface area contributed by atoms with Crippen LogP contribution in [0.15, 0.2) is 22.9 Å². The van der Waals surface area contributed by atoms with Crippen molar-refractivity contribution in [3.05, 3.63) is 45.9 Å². The number of hydrogen-bond donors (Lipinski definition) is 2. The first-order chi connectivity index (χ1) is 11.7. The number of piperidine rings is 1. The minimum atomic E-state index is -2.73. The van der Waals surface area contributed by atoms with Crippen LogP contribution >= 0.6 is 11.6 Å². The molecule has 25 heavy (non-hydrogen) atoms. The van der Waals surface area contributed by atoms with Gasteiger partial charge in [-0.3, -0.25) is 10.2 Å². The van der Waals surface area contributed by atoms with E-state index in [1.165, 1.54) is 0 Å². The standard InChI is InChI=1S/C15H13ClF5N3O/c16-14(23-5-8-9(17)1-2-10(18)12(8)21)7-3-4-24(6-11(19)20)15(25)13(7)22/h1-2,11,22-23H,3-6H2/b14-7-,22-13?. The van der Waals surface area contributed by atoms with Gasteiger partial charge in [0, 0.05) is 24.2 Å². The molecule has 2 rings (SSSR count). The summed E-state index contributed by atoms with van der Waals surface area (Å²) in [6, 6.07) is 1.40. The van der Waals surface area contributed by atoms with Crippen LogP contribution in [0.3, 0.4) is 0 Å². The first-order valence-corrected chi connectivity index (χ1v) is 7.51. The van der Waals surface area contributed by atoms with Crippen molar-refractivity contribution < 1.29 is 26.7 Å². The summed E-state index contributed by atoms with van der Waals surface area (Å²) >= 11 is 5.94. The topological polar surface area (TPSA) is 56.2 Å². The van der Waals surface area contributed by atoms with E-state index in [0.29, 0.717) is 6.07 Å². The van der Waals surface area contributed by atoms with Gasteiger partial charge in [-0.05, 0) is 18.6 Å². The summed E-state index contributed by atoms with van der Waals surface area (Å²) in [5.41, 5.74) is -1.13. The van der Waals surface area contributed by atoms with Crippen LogP contribution in [0.2, 0.25) is 0 Å². The number of nitrogens with one attached hydrogen (secondary N) is 2. The van der Waals surface area contributed by atoms with E-state index in [9.17, 15) is 26.7 Å². The summed E-state index contributed by atoms with van der Waals surface area (Å²) in [4.78, 5) is 12.7. The lowest BCUT2D eigenvalue weighted by Gasteiger charge is -2.29. The van der Waals surface area contributed by atoms with Crippen LogP contribution in [0, 0.1) is 22.9 Å². The Morgan fingerprint density at radius 2 is 1.92 bits per heavy atom.